The highest BCUT2D eigenvalue weighted by Gasteiger charge is 2.15. The van der Waals surface area contributed by atoms with Crippen LogP contribution in [0.1, 0.15) is 22.8 Å². The molecule has 0 fully saturated rings. The number of nitrogens with one attached hydrogen (secondary N) is 2. The Kier molecular flexibility index (Phi) is 6.19. The van der Waals surface area contributed by atoms with E-state index in [4.69, 9.17) is 4.74 Å². The van der Waals surface area contributed by atoms with Crippen LogP contribution < -0.4 is 14.8 Å². The quantitative estimate of drug-likeness (QED) is 0.603. The maximum atomic E-state index is 12.6. The first-order chi connectivity index (χ1) is 13.9. The van der Waals surface area contributed by atoms with E-state index in [0.717, 1.165) is 5.56 Å². The highest BCUT2D eigenvalue weighted by molar-refractivity contribution is 7.92. The second kappa shape index (κ2) is 8.79. The molecule has 29 heavy (non-hydrogen) atoms. The molecule has 0 bridgehead atoms. The van der Waals surface area contributed by atoms with Gasteiger partial charge in [0.2, 0.25) is 0 Å². The number of hydrogen-bond donors (Lipinski definition) is 2. The molecule has 0 radical (unpaired) electrons. The highest BCUT2D eigenvalue weighted by Crippen LogP contribution is 2.21. The molecule has 0 heterocycles. The van der Waals surface area contributed by atoms with Gasteiger partial charge in [0.15, 0.2) is 0 Å². The van der Waals surface area contributed by atoms with Crippen molar-refractivity contribution in [2.75, 3.05) is 16.6 Å². The molecule has 0 aromatic heterocycles. The van der Waals surface area contributed by atoms with E-state index in [0.29, 0.717) is 29.3 Å². The van der Waals surface area contributed by atoms with Crippen molar-refractivity contribution < 1.29 is 17.9 Å². The molecule has 3 rings (SSSR count). The van der Waals surface area contributed by atoms with E-state index in [9.17, 15) is 13.2 Å². The van der Waals surface area contributed by atoms with E-state index in [1.165, 1.54) is 12.1 Å². The smallest absolute Gasteiger partial charge is 0.261 e. The van der Waals surface area contributed by atoms with Crippen LogP contribution in [0.15, 0.2) is 77.7 Å². The zero-order valence-electron chi connectivity index (χ0n) is 16.2. The molecular weight excluding hydrogens is 388 g/mol. The number of carbonyl (C=O) groups is 1. The number of benzene rings is 3. The van der Waals surface area contributed by atoms with Gasteiger partial charge in [0.05, 0.1) is 11.5 Å². The van der Waals surface area contributed by atoms with E-state index < -0.39 is 10.0 Å². The van der Waals surface area contributed by atoms with Gasteiger partial charge >= 0.3 is 0 Å². The average molecular weight is 410 g/mol. The zero-order chi connectivity index (χ0) is 20.9. The summed E-state index contributed by atoms with van der Waals surface area (Å²) in [5.41, 5.74) is 2.54. The van der Waals surface area contributed by atoms with Crippen molar-refractivity contribution in [1.29, 1.82) is 0 Å². The van der Waals surface area contributed by atoms with Crippen molar-refractivity contribution in [2.24, 2.45) is 0 Å². The second-order valence-corrected chi connectivity index (χ2v) is 8.09. The third kappa shape index (κ3) is 5.36. The van der Waals surface area contributed by atoms with Gasteiger partial charge in [0.25, 0.3) is 15.9 Å². The van der Waals surface area contributed by atoms with Crippen LogP contribution in [0.2, 0.25) is 0 Å². The normalized spacial score (nSPS) is 11.0. The summed E-state index contributed by atoms with van der Waals surface area (Å²) >= 11 is 0. The first kappa shape index (κ1) is 20.4. The summed E-state index contributed by atoms with van der Waals surface area (Å²) in [7, 11) is -3.74. The first-order valence-electron chi connectivity index (χ1n) is 9.11. The summed E-state index contributed by atoms with van der Waals surface area (Å²) in [4.78, 5) is 12.4. The lowest BCUT2D eigenvalue weighted by Crippen LogP contribution is -2.14. The lowest BCUT2D eigenvalue weighted by molar-refractivity contribution is 0.102. The van der Waals surface area contributed by atoms with Gasteiger partial charge < -0.3 is 10.1 Å². The Hall–Kier alpha value is -3.32. The molecule has 0 unspecified atom stereocenters. The molecule has 2 N–H and O–H groups in total. The van der Waals surface area contributed by atoms with E-state index >= 15 is 0 Å². The summed E-state index contributed by atoms with van der Waals surface area (Å²) < 4.78 is 33.0. The Morgan fingerprint density at radius 3 is 2.03 bits per heavy atom. The van der Waals surface area contributed by atoms with Crippen LogP contribution in [-0.4, -0.2) is 20.9 Å². The van der Waals surface area contributed by atoms with Crippen LogP contribution in [0.4, 0.5) is 11.4 Å². The monoisotopic (exact) mass is 410 g/mol. The number of sulfonamides is 1. The Bertz CT molecular complexity index is 1080. The van der Waals surface area contributed by atoms with Crippen molar-refractivity contribution >= 4 is 27.3 Å². The number of amides is 1. The summed E-state index contributed by atoms with van der Waals surface area (Å²) in [6.45, 7) is 4.36. The van der Waals surface area contributed by atoms with Crippen LogP contribution in [0.3, 0.4) is 0 Å². The molecule has 0 atom stereocenters. The third-order valence-corrected chi connectivity index (χ3v) is 5.55. The minimum atomic E-state index is -3.74. The predicted octanol–water partition coefficient (Wildman–Crippen LogP) is 4.45. The maximum Gasteiger partial charge on any atom is 0.261 e. The molecular formula is C22H22N2O4S. The van der Waals surface area contributed by atoms with Crippen LogP contribution in [0.5, 0.6) is 5.75 Å². The van der Waals surface area contributed by atoms with Gasteiger partial charge in [-0.2, -0.15) is 0 Å². The summed E-state index contributed by atoms with van der Waals surface area (Å²) in [5, 5.41) is 2.76. The minimum absolute atomic E-state index is 0.0970. The van der Waals surface area contributed by atoms with Crippen LogP contribution >= 0.6 is 0 Å². The number of ether oxygens (including phenoxy) is 1. The van der Waals surface area contributed by atoms with Crippen LogP contribution in [-0.2, 0) is 10.0 Å². The minimum Gasteiger partial charge on any atom is -0.494 e. The van der Waals surface area contributed by atoms with E-state index in [1.807, 2.05) is 26.0 Å². The van der Waals surface area contributed by atoms with E-state index in [1.54, 1.807) is 48.5 Å². The number of carbonyl (C=O) groups excluding carboxylic acids is 1. The summed E-state index contributed by atoms with van der Waals surface area (Å²) in [6.07, 6.45) is 0. The Morgan fingerprint density at radius 2 is 1.45 bits per heavy atom. The largest absolute Gasteiger partial charge is 0.494 e. The van der Waals surface area contributed by atoms with Gasteiger partial charge in [-0.05, 0) is 74.5 Å². The van der Waals surface area contributed by atoms with Crippen molar-refractivity contribution in [3.63, 3.8) is 0 Å². The van der Waals surface area contributed by atoms with Gasteiger partial charge in [-0.1, -0.05) is 17.7 Å². The van der Waals surface area contributed by atoms with Crippen molar-refractivity contribution in [1.82, 2.24) is 0 Å². The van der Waals surface area contributed by atoms with E-state index in [2.05, 4.69) is 10.0 Å². The molecule has 1 amide bonds. The number of anilines is 2. The van der Waals surface area contributed by atoms with Crippen molar-refractivity contribution in [3.05, 3.63) is 83.9 Å². The molecule has 0 aliphatic heterocycles. The molecule has 0 spiro atoms. The fourth-order valence-electron chi connectivity index (χ4n) is 2.63. The van der Waals surface area contributed by atoms with E-state index in [-0.39, 0.29) is 10.8 Å². The Labute approximate surface area is 170 Å². The first-order valence-corrected chi connectivity index (χ1v) is 10.6. The fraction of sp³-hybridized carbons (Fsp3) is 0.136. The fourth-order valence-corrected chi connectivity index (χ4v) is 3.68. The van der Waals surface area contributed by atoms with Gasteiger partial charge in [-0.25, -0.2) is 8.42 Å². The molecule has 7 heteroatoms. The van der Waals surface area contributed by atoms with Crippen LogP contribution in [0, 0.1) is 6.92 Å². The zero-order valence-corrected chi connectivity index (χ0v) is 17.0. The molecule has 6 nitrogen and oxygen atoms in total. The lowest BCUT2D eigenvalue weighted by atomic mass is 10.1. The van der Waals surface area contributed by atoms with Gasteiger partial charge in [0.1, 0.15) is 5.75 Å². The third-order valence-electron chi connectivity index (χ3n) is 4.15. The Morgan fingerprint density at radius 1 is 0.862 bits per heavy atom. The predicted molar refractivity (Wildman–Crippen MR) is 114 cm³/mol. The van der Waals surface area contributed by atoms with Crippen molar-refractivity contribution in [3.8, 4) is 5.75 Å². The number of rotatable bonds is 7. The second-order valence-electron chi connectivity index (χ2n) is 6.41. The summed E-state index contributed by atoms with van der Waals surface area (Å²) in [5.74, 6) is 0.414. The highest BCUT2D eigenvalue weighted by atomic mass is 32.2. The maximum absolute atomic E-state index is 12.6. The molecule has 3 aromatic rings. The molecule has 0 aliphatic carbocycles. The molecule has 3 aromatic carbocycles. The topological polar surface area (TPSA) is 84.5 Å². The summed E-state index contributed by atoms with van der Waals surface area (Å²) in [6, 6.07) is 19.9. The van der Waals surface area contributed by atoms with Crippen molar-refractivity contribution in [2.45, 2.75) is 18.7 Å². The molecule has 0 saturated heterocycles. The van der Waals surface area contributed by atoms with Gasteiger partial charge in [-0.15, -0.1) is 0 Å². The number of aryl methyl sites for hydroxylation is 1. The Balaban J connectivity index is 1.68. The average Bonchev–Trinajstić information content (AvgIpc) is 2.70. The molecule has 0 aliphatic rings. The molecule has 0 saturated carbocycles. The van der Waals surface area contributed by atoms with Crippen LogP contribution in [0.25, 0.3) is 0 Å². The standard InChI is InChI=1S/C22H22N2O4S/c1-3-28-20-12-8-19(9-13-20)24-29(26,27)21-14-10-18(11-15-21)23-22(25)17-6-4-16(2)5-7-17/h4-15,24H,3H2,1-2H3,(H,23,25). The van der Waals surface area contributed by atoms with Gasteiger partial charge in [0, 0.05) is 16.9 Å². The van der Waals surface area contributed by atoms with Gasteiger partial charge in [-0.3, -0.25) is 9.52 Å². The lowest BCUT2D eigenvalue weighted by Gasteiger charge is -2.10. The number of hydrogen-bond acceptors (Lipinski definition) is 4. The SMILES string of the molecule is CCOc1ccc(NS(=O)(=O)c2ccc(NC(=O)c3ccc(C)cc3)cc2)cc1. The molecule has 150 valence electrons.